The van der Waals surface area contributed by atoms with E-state index in [1.165, 1.54) is 12.3 Å². The van der Waals surface area contributed by atoms with E-state index in [2.05, 4.69) is 10.1 Å². The van der Waals surface area contributed by atoms with Crippen LogP contribution in [0.1, 0.15) is 5.56 Å². The van der Waals surface area contributed by atoms with Gasteiger partial charge < -0.3 is 0 Å². The van der Waals surface area contributed by atoms with Gasteiger partial charge in [-0.1, -0.05) is 18.2 Å². The van der Waals surface area contributed by atoms with Gasteiger partial charge in [-0.05, 0) is 12.1 Å². The molecule has 1 aromatic carbocycles. The Bertz CT molecular complexity index is 708. The van der Waals surface area contributed by atoms with Gasteiger partial charge in [-0.3, -0.25) is 0 Å². The maximum absolute atomic E-state index is 13.1. The van der Waals surface area contributed by atoms with Crippen LogP contribution in [-0.4, -0.2) is 14.8 Å². The summed E-state index contributed by atoms with van der Waals surface area (Å²) < 4.78 is 14.8. The number of hydrogen-bond acceptors (Lipinski definition) is 2. The Labute approximate surface area is 108 Å². The van der Waals surface area contributed by atoms with Crippen molar-refractivity contribution < 1.29 is 4.39 Å². The number of aromatic nitrogens is 3. The van der Waals surface area contributed by atoms with Crippen molar-refractivity contribution >= 4 is 22.5 Å². The molecule has 0 spiro atoms. The largest absolute Gasteiger partial charge is 0.234 e. The lowest BCUT2D eigenvalue weighted by atomic mass is 10.2. The van der Waals surface area contributed by atoms with Gasteiger partial charge in [-0.25, -0.2) is 14.1 Å². The molecule has 0 aliphatic rings. The minimum atomic E-state index is -0.397. The molecular formula is C13H9ClFN3. The van der Waals surface area contributed by atoms with Gasteiger partial charge in [0, 0.05) is 10.9 Å². The van der Waals surface area contributed by atoms with Crippen LogP contribution < -0.4 is 0 Å². The third kappa shape index (κ3) is 1.75. The molecule has 0 radical (unpaired) electrons. The molecule has 3 nitrogen and oxygen atoms in total. The zero-order valence-corrected chi connectivity index (χ0v) is 10.1. The maximum Gasteiger partial charge on any atom is 0.158 e. The van der Waals surface area contributed by atoms with E-state index >= 15 is 0 Å². The molecule has 18 heavy (non-hydrogen) atoms. The van der Waals surface area contributed by atoms with Gasteiger partial charge in [-0.2, -0.15) is 5.10 Å². The highest BCUT2D eigenvalue weighted by molar-refractivity contribution is 6.17. The van der Waals surface area contributed by atoms with Crippen LogP contribution in [0.15, 0.2) is 42.7 Å². The molecule has 0 amide bonds. The van der Waals surface area contributed by atoms with Gasteiger partial charge >= 0.3 is 0 Å². The number of nitrogens with zero attached hydrogens (tertiary/aromatic N) is 3. The highest BCUT2D eigenvalue weighted by atomic mass is 35.5. The standard InChI is InChI=1S/C13H9ClFN3/c14-6-10-5-11(15)8-16-13(10)18-12-4-2-1-3-9(12)7-17-18/h1-5,7-8H,6H2. The molecule has 3 aromatic rings. The van der Waals surface area contributed by atoms with Gasteiger partial charge in [0.25, 0.3) is 0 Å². The number of alkyl halides is 1. The van der Waals surface area contributed by atoms with Crippen LogP contribution in [0.5, 0.6) is 0 Å². The molecule has 2 aromatic heterocycles. The number of para-hydroxylation sites is 1. The van der Waals surface area contributed by atoms with Crippen LogP contribution >= 0.6 is 11.6 Å². The lowest BCUT2D eigenvalue weighted by Gasteiger charge is -2.07. The molecule has 0 bridgehead atoms. The van der Waals surface area contributed by atoms with E-state index in [9.17, 15) is 4.39 Å². The first-order valence-corrected chi connectivity index (χ1v) is 5.96. The van der Waals surface area contributed by atoms with Crippen LogP contribution in [0.3, 0.4) is 0 Å². The number of benzene rings is 1. The lowest BCUT2D eigenvalue weighted by Crippen LogP contribution is -2.03. The van der Waals surface area contributed by atoms with Gasteiger partial charge in [0.15, 0.2) is 5.82 Å². The van der Waals surface area contributed by atoms with Crippen molar-refractivity contribution in [3.05, 3.63) is 54.1 Å². The summed E-state index contributed by atoms with van der Waals surface area (Å²) >= 11 is 5.82. The summed E-state index contributed by atoms with van der Waals surface area (Å²) in [5.74, 6) is 0.354. The molecule has 0 aliphatic heterocycles. The molecule has 0 fully saturated rings. The first-order chi connectivity index (χ1) is 8.79. The first kappa shape index (κ1) is 11.2. The molecule has 0 atom stereocenters. The van der Waals surface area contributed by atoms with E-state index in [0.29, 0.717) is 11.4 Å². The summed E-state index contributed by atoms with van der Waals surface area (Å²) in [7, 11) is 0. The first-order valence-electron chi connectivity index (χ1n) is 5.43. The molecule has 0 unspecified atom stereocenters. The van der Waals surface area contributed by atoms with Gasteiger partial charge in [0.05, 0.1) is 23.8 Å². The quantitative estimate of drug-likeness (QED) is 0.663. The maximum atomic E-state index is 13.1. The highest BCUT2D eigenvalue weighted by Gasteiger charge is 2.10. The summed E-state index contributed by atoms with van der Waals surface area (Å²) in [6.45, 7) is 0. The van der Waals surface area contributed by atoms with Gasteiger partial charge in [-0.15, -0.1) is 11.6 Å². The Hall–Kier alpha value is -1.94. The Balaban J connectivity index is 2.26. The fraction of sp³-hybridized carbons (Fsp3) is 0.0769. The SMILES string of the molecule is Fc1cnc(-n2ncc3ccccc32)c(CCl)c1. The van der Waals surface area contributed by atoms with Crippen molar-refractivity contribution in [2.24, 2.45) is 0 Å². The fourth-order valence-corrected chi connectivity index (χ4v) is 2.10. The highest BCUT2D eigenvalue weighted by Crippen LogP contribution is 2.20. The minimum absolute atomic E-state index is 0.189. The lowest BCUT2D eigenvalue weighted by molar-refractivity contribution is 0.617. The normalized spacial score (nSPS) is 11.0. The third-order valence-electron chi connectivity index (χ3n) is 2.73. The van der Waals surface area contributed by atoms with Crippen LogP contribution in [0.25, 0.3) is 16.7 Å². The number of rotatable bonds is 2. The zero-order chi connectivity index (χ0) is 12.5. The topological polar surface area (TPSA) is 30.7 Å². The smallest absolute Gasteiger partial charge is 0.158 e. The molecule has 0 saturated carbocycles. The summed E-state index contributed by atoms with van der Waals surface area (Å²) in [6.07, 6.45) is 2.92. The van der Waals surface area contributed by atoms with Crippen LogP contribution in [0.4, 0.5) is 4.39 Å². The summed E-state index contributed by atoms with van der Waals surface area (Å²) in [4.78, 5) is 4.08. The zero-order valence-electron chi connectivity index (χ0n) is 9.35. The molecule has 0 saturated heterocycles. The van der Waals surface area contributed by atoms with Crippen LogP contribution in [-0.2, 0) is 5.88 Å². The Morgan fingerprint density at radius 3 is 2.89 bits per heavy atom. The van der Waals surface area contributed by atoms with Gasteiger partial charge in [0.2, 0.25) is 0 Å². The predicted octanol–water partition coefficient (Wildman–Crippen LogP) is 3.30. The van der Waals surface area contributed by atoms with E-state index in [4.69, 9.17) is 11.6 Å². The minimum Gasteiger partial charge on any atom is -0.234 e. The second-order valence-electron chi connectivity index (χ2n) is 3.89. The van der Waals surface area contributed by atoms with Crippen molar-refractivity contribution in [3.63, 3.8) is 0 Å². The van der Waals surface area contributed by atoms with E-state index in [0.717, 1.165) is 10.9 Å². The summed E-state index contributed by atoms with van der Waals surface area (Å²) in [6, 6.07) is 9.14. The number of fused-ring (bicyclic) bond motifs is 1. The second-order valence-corrected chi connectivity index (χ2v) is 4.15. The molecule has 90 valence electrons. The molecule has 0 aliphatic carbocycles. The average Bonchev–Trinajstić information content (AvgIpc) is 2.82. The number of halogens is 2. The van der Waals surface area contributed by atoms with E-state index in [-0.39, 0.29) is 5.88 Å². The Kier molecular flexibility index (Phi) is 2.72. The van der Waals surface area contributed by atoms with Crippen molar-refractivity contribution in [1.29, 1.82) is 0 Å². The molecule has 2 heterocycles. The van der Waals surface area contributed by atoms with E-state index < -0.39 is 5.82 Å². The van der Waals surface area contributed by atoms with Gasteiger partial charge in [0.1, 0.15) is 5.82 Å². The second kappa shape index (κ2) is 4.38. The van der Waals surface area contributed by atoms with E-state index in [1.807, 2.05) is 24.3 Å². The van der Waals surface area contributed by atoms with Crippen molar-refractivity contribution in [2.45, 2.75) is 5.88 Å². The molecule has 3 rings (SSSR count). The molecule has 5 heteroatoms. The monoisotopic (exact) mass is 261 g/mol. The average molecular weight is 262 g/mol. The Morgan fingerprint density at radius 2 is 2.06 bits per heavy atom. The third-order valence-corrected chi connectivity index (χ3v) is 3.02. The Morgan fingerprint density at radius 1 is 1.22 bits per heavy atom. The molecule has 0 N–H and O–H groups in total. The molecular weight excluding hydrogens is 253 g/mol. The fourth-order valence-electron chi connectivity index (χ4n) is 1.90. The number of hydrogen-bond donors (Lipinski definition) is 0. The van der Waals surface area contributed by atoms with Crippen LogP contribution in [0, 0.1) is 5.82 Å². The van der Waals surface area contributed by atoms with Crippen molar-refractivity contribution in [3.8, 4) is 5.82 Å². The summed E-state index contributed by atoms with van der Waals surface area (Å²) in [5.41, 5.74) is 1.54. The van der Waals surface area contributed by atoms with Crippen molar-refractivity contribution in [2.75, 3.05) is 0 Å². The summed E-state index contributed by atoms with van der Waals surface area (Å²) in [5, 5.41) is 5.28. The van der Waals surface area contributed by atoms with Crippen LogP contribution in [0.2, 0.25) is 0 Å². The number of pyridine rings is 1. The van der Waals surface area contributed by atoms with Crippen molar-refractivity contribution in [1.82, 2.24) is 14.8 Å². The predicted molar refractivity (Wildman–Crippen MR) is 68.4 cm³/mol. The van der Waals surface area contributed by atoms with E-state index in [1.54, 1.807) is 10.9 Å².